The van der Waals surface area contributed by atoms with Crippen LogP contribution >= 0.6 is 11.6 Å². The quantitative estimate of drug-likeness (QED) is 0.182. The highest BCUT2D eigenvalue weighted by Crippen LogP contribution is 2.56. The van der Waals surface area contributed by atoms with Crippen molar-refractivity contribution in [1.82, 2.24) is 0 Å². The molecule has 0 amide bonds. The second kappa shape index (κ2) is 10.5. The monoisotopic (exact) mass is 662 g/mol. The Hall–Kier alpha value is -5.57. The van der Waals surface area contributed by atoms with Crippen molar-refractivity contribution in [1.29, 1.82) is 0 Å². The number of para-hydroxylation sites is 1. The molecular weight excluding hydrogens is 628 g/mol. The molecule has 7 aromatic carbocycles. The van der Waals surface area contributed by atoms with Gasteiger partial charge in [-0.25, -0.2) is 0 Å². The van der Waals surface area contributed by atoms with E-state index in [-0.39, 0.29) is 10.8 Å². The minimum absolute atomic E-state index is 0.125. The minimum Gasteiger partial charge on any atom is -0.310 e. The van der Waals surface area contributed by atoms with Gasteiger partial charge in [-0.3, -0.25) is 0 Å². The minimum atomic E-state index is -0.363. The van der Waals surface area contributed by atoms with Crippen LogP contribution in [0.3, 0.4) is 0 Å². The molecule has 0 fully saturated rings. The van der Waals surface area contributed by atoms with Crippen molar-refractivity contribution < 1.29 is 0 Å². The average Bonchev–Trinajstić information content (AvgIpc) is 3.53. The Kier molecular flexibility index (Phi) is 6.15. The lowest BCUT2D eigenvalue weighted by atomic mass is 9.74. The van der Waals surface area contributed by atoms with Crippen molar-refractivity contribution in [2.45, 2.75) is 31.6 Å². The number of rotatable bonds is 2. The van der Waals surface area contributed by atoms with Crippen LogP contribution in [0.15, 0.2) is 158 Å². The van der Waals surface area contributed by atoms with Crippen LogP contribution in [-0.2, 0) is 10.8 Å². The van der Waals surface area contributed by atoms with Crippen LogP contribution in [0, 0.1) is 0 Å². The lowest BCUT2D eigenvalue weighted by molar-refractivity contribution is 0.660. The molecule has 0 aromatic heterocycles. The lowest BCUT2D eigenvalue weighted by Crippen LogP contribution is -2.24. The van der Waals surface area contributed by atoms with Crippen molar-refractivity contribution in [2.24, 2.45) is 0 Å². The topological polar surface area (TPSA) is 6.48 Å². The van der Waals surface area contributed by atoms with Gasteiger partial charge < -0.3 is 9.80 Å². The predicted molar refractivity (Wildman–Crippen MR) is 209 cm³/mol. The van der Waals surface area contributed by atoms with Gasteiger partial charge in [0.15, 0.2) is 0 Å². The highest BCUT2D eigenvalue weighted by molar-refractivity contribution is 6.31. The van der Waals surface area contributed by atoms with Crippen LogP contribution in [0.25, 0.3) is 22.3 Å². The summed E-state index contributed by atoms with van der Waals surface area (Å²) in [5, 5.41) is 0.684. The van der Waals surface area contributed by atoms with Gasteiger partial charge in [0.2, 0.25) is 0 Å². The fraction of sp³-hybridized carbons (Fsp3) is 0.106. The van der Waals surface area contributed by atoms with E-state index in [2.05, 4.69) is 188 Å². The van der Waals surface area contributed by atoms with Crippen molar-refractivity contribution >= 4 is 45.7 Å². The van der Waals surface area contributed by atoms with Gasteiger partial charge in [0.05, 0.1) is 0 Å². The third-order valence-corrected chi connectivity index (χ3v) is 11.7. The summed E-state index contributed by atoms with van der Waals surface area (Å²) >= 11 is 7.12. The summed E-state index contributed by atoms with van der Waals surface area (Å²) in [4.78, 5) is 4.73. The second-order valence-electron chi connectivity index (χ2n) is 14.5. The van der Waals surface area contributed by atoms with Gasteiger partial charge >= 0.3 is 0 Å². The molecule has 10 rings (SSSR count). The summed E-state index contributed by atoms with van der Waals surface area (Å²) in [6, 6.07) is 57.9. The maximum absolute atomic E-state index is 7.12. The summed E-state index contributed by atoms with van der Waals surface area (Å²) < 4.78 is 0. The van der Waals surface area contributed by atoms with Gasteiger partial charge in [-0.1, -0.05) is 116 Å². The predicted octanol–water partition coefficient (Wildman–Crippen LogP) is 13.2. The Morgan fingerprint density at radius 2 is 0.900 bits per heavy atom. The van der Waals surface area contributed by atoms with Crippen LogP contribution in [0.1, 0.15) is 48.6 Å². The van der Waals surface area contributed by atoms with Crippen LogP contribution in [0.2, 0.25) is 5.02 Å². The maximum Gasteiger partial charge on any atom is 0.0497 e. The molecule has 3 aliphatic rings. The van der Waals surface area contributed by atoms with E-state index in [1.807, 2.05) is 0 Å². The smallest absolute Gasteiger partial charge is 0.0497 e. The molecule has 50 heavy (non-hydrogen) atoms. The van der Waals surface area contributed by atoms with E-state index in [4.69, 9.17) is 11.6 Å². The first kappa shape index (κ1) is 29.4. The molecule has 240 valence electrons. The Morgan fingerprint density at radius 1 is 0.380 bits per heavy atom. The number of halogens is 1. The van der Waals surface area contributed by atoms with E-state index in [1.165, 1.54) is 50.1 Å². The second-order valence-corrected chi connectivity index (χ2v) is 15.0. The van der Waals surface area contributed by atoms with Crippen molar-refractivity contribution in [3.8, 4) is 22.3 Å². The zero-order valence-electron chi connectivity index (χ0n) is 28.3. The van der Waals surface area contributed by atoms with E-state index in [0.29, 0.717) is 5.02 Å². The largest absolute Gasteiger partial charge is 0.310 e. The fourth-order valence-electron chi connectivity index (χ4n) is 9.01. The van der Waals surface area contributed by atoms with Gasteiger partial charge in [-0.15, -0.1) is 0 Å². The van der Waals surface area contributed by atoms with Crippen LogP contribution in [-0.4, -0.2) is 0 Å². The van der Waals surface area contributed by atoms with E-state index < -0.39 is 0 Å². The zero-order valence-corrected chi connectivity index (χ0v) is 29.0. The van der Waals surface area contributed by atoms with Crippen LogP contribution < -0.4 is 9.80 Å². The highest BCUT2D eigenvalue weighted by Gasteiger charge is 2.42. The van der Waals surface area contributed by atoms with E-state index in [1.54, 1.807) is 0 Å². The summed E-state index contributed by atoms with van der Waals surface area (Å²) in [7, 11) is 0. The molecule has 2 nitrogen and oxygen atoms in total. The molecule has 0 radical (unpaired) electrons. The molecule has 0 spiro atoms. The number of fused-ring (bicyclic) bond motifs is 12. The first-order chi connectivity index (χ1) is 24.3. The normalized spacial score (nSPS) is 17.4. The lowest BCUT2D eigenvalue weighted by Gasteiger charge is -2.34. The Bertz CT molecular complexity index is 2510. The van der Waals surface area contributed by atoms with E-state index in [9.17, 15) is 0 Å². The fourth-order valence-corrected chi connectivity index (χ4v) is 9.23. The van der Waals surface area contributed by atoms with Crippen molar-refractivity contribution in [2.75, 3.05) is 9.80 Å². The molecule has 0 N–H and O–H groups in total. The number of benzene rings is 7. The molecule has 1 heterocycles. The number of nitrogens with zero attached hydrogens (tertiary/aromatic N) is 2. The Morgan fingerprint density at radius 3 is 1.62 bits per heavy atom. The molecule has 3 heteroatoms. The third-order valence-electron chi connectivity index (χ3n) is 11.5. The van der Waals surface area contributed by atoms with Gasteiger partial charge in [-0.2, -0.15) is 0 Å². The molecular formula is C47H35ClN2. The highest BCUT2D eigenvalue weighted by atomic mass is 35.5. The van der Waals surface area contributed by atoms with Gasteiger partial charge in [0.1, 0.15) is 0 Å². The molecule has 0 saturated heterocycles. The first-order valence-corrected chi connectivity index (χ1v) is 17.8. The molecule has 1 aliphatic heterocycles. The Labute approximate surface area is 298 Å². The summed E-state index contributed by atoms with van der Waals surface area (Å²) in [6.45, 7) is 7.09. The van der Waals surface area contributed by atoms with Crippen molar-refractivity contribution in [3.63, 3.8) is 0 Å². The van der Waals surface area contributed by atoms with Crippen molar-refractivity contribution in [3.05, 3.63) is 191 Å². The molecule has 2 aliphatic carbocycles. The SMILES string of the molecule is CC1(C)c2ccccc2-c2ccc(N3c4cc(Cl)cc(c4)N(c4ccccc4)c4ccc5c(c4)C(C)(c4cccc3c4)c3ccccc3-5)cc21. The van der Waals surface area contributed by atoms with E-state index in [0.717, 1.165) is 34.1 Å². The molecule has 6 bridgehead atoms. The first-order valence-electron chi connectivity index (χ1n) is 17.4. The average molecular weight is 663 g/mol. The number of hydrogen-bond donors (Lipinski definition) is 0. The summed E-state index contributed by atoms with van der Waals surface area (Å²) in [5.41, 5.74) is 17.7. The zero-order chi connectivity index (χ0) is 33.8. The molecule has 1 atom stereocenters. The van der Waals surface area contributed by atoms with Crippen LogP contribution in [0.5, 0.6) is 0 Å². The standard InChI is InChI=1S/C47H35ClN2/c1-46(2)42-18-9-7-16-38(42)40-22-20-34(28-44(40)46)50-33-15-11-12-30(24-33)47(3)43-19-10-8-17-39(43)41-23-21-35(29-45(41)47)49(32-13-5-4-6-14-32)36-25-31(48)26-37(50)27-36/h4-29H,1-3H3. The van der Waals surface area contributed by atoms with Gasteiger partial charge in [0, 0.05) is 50.0 Å². The molecule has 0 saturated carbocycles. The number of anilines is 6. The van der Waals surface area contributed by atoms with Gasteiger partial charge in [0.25, 0.3) is 0 Å². The van der Waals surface area contributed by atoms with Gasteiger partial charge in [-0.05, 0) is 124 Å². The maximum atomic E-state index is 7.12. The third kappa shape index (κ3) is 4.03. The molecule has 1 unspecified atom stereocenters. The summed E-state index contributed by atoms with van der Waals surface area (Å²) in [6.07, 6.45) is 0. The summed E-state index contributed by atoms with van der Waals surface area (Å²) in [5.74, 6) is 0. The van der Waals surface area contributed by atoms with Crippen LogP contribution in [0.4, 0.5) is 34.1 Å². The Balaban J connectivity index is 1.28. The number of hydrogen-bond acceptors (Lipinski definition) is 2. The van der Waals surface area contributed by atoms with E-state index >= 15 is 0 Å². The molecule has 7 aromatic rings.